The van der Waals surface area contributed by atoms with E-state index in [9.17, 15) is 9.18 Å². The largest absolute Gasteiger partial charge is 0.353 e. The van der Waals surface area contributed by atoms with Crippen LogP contribution < -0.4 is 5.32 Å². The zero-order valence-corrected chi connectivity index (χ0v) is 15.3. The van der Waals surface area contributed by atoms with Crippen molar-refractivity contribution in [3.05, 3.63) is 71.9 Å². The van der Waals surface area contributed by atoms with E-state index in [0.717, 1.165) is 29.7 Å². The van der Waals surface area contributed by atoms with E-state index in [1.54, 1.807) is 12.3 Å². The van der Waals surface area contributed by atoms with Gasteiger partial charge >= 0.3 is 0 Å². The summed E-state index contributed by atoms with van der Waals surface area (Å²) in [4.78, 5) is 17.2. The summed E-state index contributed by atoms with van der Waals surface area (Å²) < 4.78 is 15.8. The van der Waals surface area contributed by atoms with Crippen molar-refractivity contribution in [2.75, 3.05) is 0 Å². The van der Waals surface area contributed by atoms with Gasteiger partial charge in [0.2, 0.25) is 5.91 Å². The van der Waals surface area contributed by atoms with Gasteiger partial charge in [-0.2, -0.15) is 0 Å². The number of nitrogens with zero attached hydrogens (tertiary/aromatic N) is 2. The first-order valence-electron chi connectivity index (χ1n) is 9.67. The summed E-state index contributed by atoms with van der Waals surface area (Å²) in [5.74, 6) is -0.525. The Balaban J connectivity index is 1.63. The second kappa shape index (κ2) is 7.91. The Hall–Kier alpha value is -2.69. The molecule has 1 aromatic carbocycles. The number of halogens is 1. The third kappa shape index (κ3) is 4.02. The summed E-state index contributed by atoms with van der Waals surface area (Å²) in [6, 6.07) is 12.6. The van der Waals surface area contributed by atoms with Gasteiger partial charge in [0.25, 0.3) is 0 Å². The van der Waals surface area contributed by atoms with Crippen LogP contribution in [0.25, 0.3) is 5.65 Å². The van der Waals surface area contributed by atoms with Crippen molar-refractivity contribution in [1.29, 1.82) is 0 Å². The molecule has 0 aliphatic heterocycles. The predicted octanol–water partition coefficient (Wildman–Crippen LogP) is 4.44. The first-order valence-corrected chi connectivity index (χ1v) is 9.67. The van der Waals surface area contributed by atoms with E-state index in [-0.39, 0.29) is 30.1 Å². The number of hydrogen-bond acceptors (Lipinski definition) is 2. The van der Waals surface area contributed by atoms with Crippen LogP contribution >= 0.6 is 0 Å². The van der Waals surface area contributed by atoms with Crippen LogP contribution in [0.5, 0.6) is 0 Å². The summed E-state index contributed by atoms with van der Waals surface area (Å²) in [5, 5.41) is 3.18. The van der Waals surface area contributed by atoms with Crippen LogP contribution in [0.3, 0.4) is 0 Å². The number of fused-ring (bicyclic) bond motifs is 1. The van der Waals surface area contributed by atoms with Crippen LogP contribution in [0.15, 0.2) is 54.9 Å². The van der Waals surface area contributed by atoms with Gasteiger partial charge < -0.3 is 9.72 Å². The van der Waals surface area contributed by atoms with Crippen molar-refractivity contribution >= 4 is 11.6 Å². The standard InChI is InChI=1S/C22H24FN3O/c23-17-8-6-7-16(13-17)19(14-22(27)25-18-9-2-1-3-10-18)20-15-24-21-11-4-5-12-26(20)21/h4-8,11-13,15,18-19H,1-3,9-10,14H2,(H,25,27)/t19-/m0/s1. The van der Waals surface area contributed by atoms with Gasteiger partial charge in [-0.15, -0.1) is 0 Å². The number of aromatic nitrogens is 2. The summed E-state index contributed by atoms with van der Waals surface area (Å²) >= 11 is 0. The van der Waals surface area contributed by atoms with Crippen molar-refractivity contribution in [3.8, 4) is 0 Å². The van der Waals surface area contributed by atoms with Gasteiger partial charge in [0.15, 0.2) is 0 Å². The zero-order chi connectivity index (χ0) is 18.6. The van der Waals surface area contributed by atoms with Gasteiger partial charge in [0, 0.05) is 30.8 Å². The van der Waals surface area contributed by atoms with Crippen molar-refractivity contribution < 1.29 is 9.18 Å². The molecule has 0 radical (unpaired) electrons. The fraction of sp³-hybridized carbons (Fsp3) is 0.364. The summed E-state index contributed by atoms with van der Waals surface area (Å²) in [7, 11) is 0. The van der Waals surface area contributed by atoms with Crippen LogP contribution in [0.1, 0.15) is 55.7 Å². The van der Waals surface area contributed by atoms with Gasteiger partial charge in [-0.1, -0.05) is 37.5 Å². The third-order valence-electron chi connectivity index (χ3n) is 5.41. The Morgan fingerprint density at radius 2 is 2.04 bits per heavy atom. The first-order chi connectivity index (χ1) is 13.2. The van der Waals surface area contributed by atoms with Gasteiger partial charge in [-0.05, 0) is 42.7 Å². The number of nitrogens with one attached hydrogen (secondary N) is 1. The molecule has 0 unspecified atom stereocenters. The second-order valence-electron chi connectivity index (χ2n) is 7.33. The Bertz CT molecular complexity index is 930. The Morgan fingerprint density at radius 3 is 2.85 bits per heavy atom. The smallest absolute Gasteiger partial charge is 0.221 e. The maximum absolute atomic E-state index is 13.9. The fourth-order valence-electron chi connectivity index (χ4n) is 4.05. The number of carbonyl (C=O) groups excluding carboxylic acids is 1. The Kier molecular flexibility index (Phi) is 5.19. The molecule has 1 fully saturated rings. The molecule has 4 nitrogen and oxygen atoms in total. The van der Waals surface area contributed by atoms with E-state index in [0.29, 0.717) is 0 Å². The summed E-state index contributed by atoms with van der Waals surface area (Å²) in [5.41, 5.74) is 2.51. The molecule has 5 heteroatoms. The lowest BCUT2D eigenvalue weighted by atomic mass is 9.91. The van der Waals surface area contributed by atoms with Crippen LogP contribution in [-0.4, -0.2) is 21.3 Å². The minimum Gasteiger partial charge on any atom is -0.353 e. The third-order valence-corrected chi connectivity index (χ3v) is 5.41. The molecular formula is C22H24FN3O. The topological polar surface area (TPSA) is 46.4 Å². The summed E-state index contributed by atoms with van der Waals surface area (Å²) in [6.07, 6.45) is 9.69. The average molecular weight is 365 g/mol. The normalized spacial score (nSPS) is 16.3. The van der Waals surface area contributed by atoms with E-state index < -0.39 is 0 Å². The molecule has 0 bridgehead atoms. The van der Waals surface area contributed by atoms with Gasteiger partial charge in [0.1, 0.15) is 11.5 Å². The molecule has 1 amide bonds. The molecule has 1 atom stereocenters. The fourth-order valence-corrected chi connectivity index (χ4v) is 4.05. The SMILES string of the molecule is O=C(C[C@@H](c1cccc(F)c1)c1cnc2ccccn12)NC1CCCCC1. The molecule has 1 N–H and O–H groups in total. The highest BCUT2D eigenvalue weighted by molar-refractivity contribution is 5.78. The van der Waals surface area contributed by atoms with E-state index in [1.807, 2.05) is 34.9 Å². The van der Waals surface area contributed by atoms with Crippen LogP contribution in [0, 0.1) is 5.82 Å². The lowest BCUT2D eigenvalue weighted by Gasteiger charge is -2.24. The van der Waals surface area contributed by atoms with E-state index in [4.69, 9.17) is 0 Å². The average Bonchev–Trinajstić information content (AvgIpc) is 3.11. The molecule has 0 saturated heterocycles. The minimum absolute atomic E-state index is 0.0158. The molecule has 1 aliphatic rings. The molecule has 0 spiro atoms. The van der Waals surface area contributed by atoms with Crippen LogP contribution in [0.2, 0.25) is 0 Å². The number of pyridine rings is 1. The lowest BCUT2D eigenvalue weighted by Crippen LogP contribution is -2.37. The Morgan fingerprint density at radius 1 is 1.19 bits per heavy atom. The maximum atomic E-state index is 13.9. The number of hydrogen-bond donors (Lipinski definition) is 1. The van der Waals surface area contributed by atoms with E-state index in [1.165, 1.54) is 31.4 Å². The lowest BCUT2D eigenvalue weighted by molar-refractivity contribution is -0.122. The van der Waals surface area contributed by atoms with Crippen molar-refractivity contribution in [1.82, 2.24) is 14.7 Å². The Labute approximate surface area is 158 Å². The zero-order valence-electron chi connectivity index (χ0n) is 15.3. The van der Waals surface area contributed by atoms with Crippen LogP contribution in [0.4, 0.5) is 4.39 Å². The molecule has 2 heterocycles. The summed E-state index contributed by atoms with van der Waals surface area (Å²) in [6.45, 7) is 0. The highest BCUT2D eigenvalue weighted by atomic mass is 19.1. The maximum Gasteiger partial charge on any atom is 0.221 e. The molecule has 1 aliphatic carbocycles. The molecule has 140 valence electrons. The monoisotopic (exact) mass is 365 g/mol. The number of rotatable bonds is 5. The number of carbonyl (C=O) groups is 1. The first kappa shape index (κ1) is 17.7. The number of imidazole rings is 1. The highest BCUT2D eigenvalue weighted by Crippen LogP contribution is 2.29. The quantitative estimate of drug-likeness (QED) is 0.726. The van der Waals surface area contributed by atoms with Crippen molar-refractivity contribution in [3.63, 3.8) is 0 Å². The van der Waals surface area contributed by atoms with Gasteiger partial charge in [-0.25, -0.2) is 9.37 Å². The second-order valence-corrected chi connectivity index (χ2v) is 7.33. The van der Waals surface area contributed by atoms with E-state index in [2.05, 4.69) is 10.3 Å². The van der Waals surface area contributed by atoms with Crippen LogP contribution in [-0.2, 0) is 4.79 Å². The molecule has 4 rings (SSSR count). The van der Waals surface area contributed by atoms with Crippen molar-refractivity contribution in [2.24, 2.45) is 0 Å². The number of amides is 1. The van der Waals surface area contributed by atoms with E-state index >= 15 is 0 Å². The van der Waals surface area contributed by atoms with Crippen molar-refractivity contribution in [2.45, 2.75) is 50.5 Å². The van der Waals surface area contributed by atoms with Gasteiger partial charge in [0.05, 0.1) is 5.69 Å². The minimum atomic E-state index is -0.293. The predicted molar refractivity (Wildman–Crippen MR) is 103 cm³/mol. The van der Waals surface area contributed by atoms with Gasteiger partial charge in [-0.3, -0.25) is 4.79 Å². The number of benzene rings is 1. The molecular weight excluding hydrogens is 341 g/mol. The molecule has 2 aromatic heterocycles. The molecule has 1 saturated carbocycles. The molecule has 3 aromatic rings. The highest BCUT2D eigenvalue weighted by Gasteiger charge is 2.24. The molecule has 27 heavy (non-hydrogen) atoms.